The largest absolute Gasteiger partial charge is 0.455 e. The zero-order valence-corrected chi connectivity index (χ0v) is 16.3. The van der Waals surface area contributed by atoms with E-state index >= 15 is 4.39 Å². The highest BCUT2D eigenvalue weighted by Crippen LogP contribution is 2.48. The molecule has 2 aliphatic heterocycles. The first-order valence-corrected chi connectivity index (χ1v) is 10.1. The molecule has 2 fully saturated rings. The molecule has 0 amide bonds. The minimum absolute atomic E-state index is 0.428. The normalized spacial score (nSPS) is 36.3. The van der Waals surface area contributed by atoms with Gasteiger partial charge in [-0.2, -0.15) is 0 Å². The van der Waals surface area contributed by atoms with Crippen LogP contribution >= 0.6 is 7.75 Å². The van der Waals surface area contributed by atoms with Crippen molar-refractivity contribution in [2.45, 2.75) is 51.0 Å². The van der Waals surface area contributed by atoms with Crippen molar-refractivity contribution in [1.82, 2.24) is 14.6 Å². The van der Waals surface area contributed by atoms with Gasteiger partial charge in [-0.15, -0.1) is 0 Å². The molecule has 0 bridgehead atoms. The summed E-state index contributed by atoms with van der Waals surface area (Å²) in [6.07, 6.45) is -3.54. The molecule has 0 radical (unpaired) electrons. The van der Waals surface area contributed by atoms with E-state index in [2.05, 4.69) is 5.09 Å². The minimum Gasteiger partial charge on any atom is -0.455 e. The molecule has 1 aromatic rings. The van der Waals surface area contributed by atoms with Crippen LogP contribution in [0.1, 0.15) is 27.0 Å². The third kappa shape index (κ3) is 4.11. The highest BCUT2D eigenvalue weighted by atomic mass is 31.2. The smallest absolute Gasteiger partial charge is 0.406 e. The fraction of sp³-hybridized carbons (Fsp3) is 0.667. The lowest BCUT2D eigenvalue weighted by Crippen LogP contribution is -2.46. The first-order valence-electron chi connectivity index (χ1n) is 8.55. The van der Waals surface area contributed by atoms with E-state index in [0.717, 1.165) is 23.8 Å². The van der Waals surface area contributed by atoms with Crippen LogP contribution in [0.2, 0.25) is 0 Å². The van der Waals surface area contributed by atoms with Crippen LogP contribution in [0.15, 0.2) is 21.9 Å². The van der Waals surface area contributed by atoms with Gasteiger partial charge < -0.3 is 9.47 Å². The molecule has 28 heavy (non-hydrogen) atoms. The van der Waals surface area contributed by atoms with E-state index in [0.29, 0.717) is 0 Å². The Morgan fingerprint density at radius 1 is 1.39 bits per heavy atom. The first-order chi connectivity index (χ1) is 13.0. The number of hydrogen-bond donors (Lipinski definition) is 2. The molecule has 0 spiro atoms. The Balaban J connectivity index is 1.93. The predicted molar refractivity (Wildman–Crippen MR) is 92.4 cm³/mol. The fourth-order valence-corrected chi connectivity index (χ4v) is 4.50. The molecule has 3 unspecified atom stereocenters. The van der Waals surface area contributed by atoms with Crippen LogP contribution in [0.5, 0.6) is 0 Å². The molecule has 0 aliphatic carbocycles. The molecular formula is C15H21FN3O8P. The van der Waals surface area contributed by atoms with E-state index in [-0.39, 0.29) is 0 Å². The maximum atomic E-state index is 15.6. The van der Waals surface area contributed by atoms with Gasteiger partial charge in [0.05, 0.1) is 12.7 Å². The van der Waals surface area contributed by atoms with Crippen LogP contribution in [-0.2, 0) is 27.9 Å². The van der Waals surface area contributed by atoms with Crippen molar-refractivity contribution < 1.29 is 32.3 Å². The summed E-state index contributed by atoms with van der Waals surface area (Å²) >= 11 is 0. The number of alkyl halides is 1. The van der Waals surface area contributed by atoms with E-state index in [1.165, 1.54) is 0 Å². The maximum Gasteiger partial charge on any atom is 0.406 e. The molecule has 0 saturated carbocycles. The van der Waals surface area contributed by atoms with Gasteiger partial charge in [-0.05, 0) is 20.8 Å². The minimum atomic E-state index is -3.87. The van der Waals surface area contributed by atoms with Gasteiger partial charge in [-0.3, -0.25) is 28.2 Å². The third-order valence-electron chi connectivity index (χ3n) is 4.22. The summed E-state index contributed by atoms with van der Waals surface area (Å²) in [6.45, 7) is 3.39. The zero-order chi connectivity index (χ0) is 20.7. The number of nitrogens with one attached hydrogen (secondary N) is 2. The molecule has 3 rings (SSSR count). The number of nitrogens with zero attached hydrogens (tertiary/aromatic N) is 1. The predicted octanol–water partition coefficient (Wildman–Crippen LogP) is 0.227. The lowest BCUT2D eigenvalue weighted by Gasteiger charge is -2.27. The van der Waals surface area contributed by atoms with Gasteiger partial charge in [-0.25, -0.2) is 18.8 Å². The number of fused-ring (bicyclic) bond motifs is 1. The van der Waals surface area contributed by atoms with Crippen LogP contribution in [0.25, 0.3) is 0 Å². The monoisotopic (exact) mass is 421 g/mol. The van der Waals surface area contributed by atoms with Gasteiger partial charge in [0.15, 0.2) is 18.0 Å². The van der Waals surface area contributed by atoms with Gasteiger partial charge in [0, 0.05) is 12.3 Å². The van der Waals surface area contributed by atoms with E-state index in [1.807, 2.05) is 4.98 Å². The number of aromatic nitrogens is 2. The summed E-state index contributed by atoms with van der Waals surface area (Å²) in [7, 11) is -3.87. The molecule has 2 aliphatic rings. The Morgan fingerprint density at radius 3 is 2.75 bits per heavy atom. The molecule has 5 atom stereocenters. The number of rotatable bonds is 3. The molecule has 3 heterocycles. The molecule has 1 aromatic heterocycles. The number of aromatic amines is 1. The van der Waals surface area contributed by atoms with E-state index in [1.54, 1.807) is 13.8 Å². The number of carbonyl (C=O) groups is 1. The number of esters is 1. The third-order valence-corrected chi connectivity index (χ3v) is 5.95. The molecule has 0 aromatic carbocycles. The molecule has 13 heteroatoms. The highest BCUT2D eigenvalue weighted by molar-refractivity contribution is 7.51. The van der Waals surface area contributed by atoms with Crippen LogP contribution in [0.4, 0.5) is 4.39 Å². The Morgan fingerprint density at radius 2 is 2.11 bits per heavy atom. The van der Waals surface area contributed by atoms with Crippen LogP contribution in [0.3, 0.4) is 0 Å². The average molecular weight is 421 g/mol. The van der Waals surface area contributed by atoms with Gasteiger partial charge in [0.1, 0.15) is 12.6 Å². The van der Waals surface area contributed by atoms with Crippen LogP contribution < -0.4 is 16.3 Å². The second-order valence-corrected chi connectivity index (χ2v) is 8.67. The van der Waals surface area contributed by atoms with Crippen molar-refractivity contribution in [2.24, 2.45) is 0 Å². The van der Waals surface area contributed by atoms with Crippen molar-refractivity contribution in [3.05, 3.63) is 33.1 Å². The number of carbonyl (C=O) groups excluding carboxylic acids is 1. The van der Waals surface area contributed by atoms with Gasteiger partial charge in [-0.1, -0.05) is 0 Å². The number of hydrogen-bond acceptors (Lipinski definition) is 8. The second-order valence-electron chi connectivity index (χ2n) is 6.89. The number of H-pyrrole nitrogens is 1. The SMILES string of the molecule is CC(C)OP1(=O)NCC(=O)OC2C(CO1)O[C@@H](n1ccc(=O)[nH]c1=O)[C@@]2(C)F. The fourth-order valence-electron chi connectivity index (χ4n) is 3.05. The van der Waals surface area contributed by atoms with Crippen molar-refractivity contribution in [1.29, 1.82) is 0 Å². The van der Waals surface area contributed by atoms with Gasteiger partial charge >= 0.3 is 19.4 Å². The summed E-state index contributed by atoms with van der Waals surface area (Å²) in [5.74, 6) is -0.893. The van der Waals surface area contributed by atoms with Crippen molar-refractivity contribution in [3.63, 3.8) is 0 Å². The number of ether oxygens (including phenoxy) is 2. The zero-order valence-electron chi connectivity index (χ0n) is 15.4. The lowest BCUT2D eigenvalue weighted by atomic mass is 9.98. The lowest BCUT2D eigenvalue weighted by molar-refractivity contribution is -0.156. The Hall–Kier alpha value is -1.85. The summed E-state index contributed by atoms with van der Waals surface area (Å²) in [5.41, 5.74) is -3.90. The summed E-state index contributed by atoms with van der Waals surface area (Å²) in [5, 5.41) is 2.36. The Labute approximate surface area is 158 Å². The van der Waals surface area contributed by atoms with Crippen LogP contribution in [0, 0.1) is 0 Å². The Bertz CT molecular complexity index is 913. The summed E-state index contributed by atoms with van der Waals surface area (Å²) in [6, 6.07) is 1.03. The molecule has 156 valence electrons. The van der Waals surface area contributed by atoms with Crippen molar-refractivity contribution in [3.8, 4) is 0 Å². The summed E-state index contributed by atoms with van der Waals surface area (Å²) < 4.78 is 50.4. The van der Waals surface area contributed by atoms with Crippen molar-refractivity contribution in [2.75, 3.05) is 13.2 Å². The topological polar surface area (TPSA) is 138 Å². The first kappa shape index (κ1) is 20.9. The van der Waals surface area contributed by atoms with Gasteiger partial charge in [0.2, 0.25) is 0 Å². The van der Waals surface area contributed by atoms with E-state index < -0.39 is 68.3 Å². The molecule has 11 nitrogen and oxygen atoms in total. The van der Waals surface area contributed by atoms with Crippen molar-refractivity contribution >= 4 is 13.7 Å². The molecule has 2 saturated heterocycles. The van der Waals surface area contributed by atoms with Gasteiger partial charge in [0.25, 0.3) is 5.56 Å². The molecular weight excluding hydrogens is 400 g/mol. The van der Waals surface area contributed by atoms with E-state index in [9.17, 15) is 18.9 Å². The summed E-state index contributed by atoms with van der Waals surface area (Å²) in [4.78, 5) is 37.4. The maximum absolute atomic E-state index is 15.6. The van der Waals surface area contributed by atoms with Crippen LogP contribution in [-0.4, -0.2) is 52.7 Å². The second kappa shape index (κ2) is 7.53. The standard InChI is InChI=1S/C15H21FN3O8P/c1-8(2)27-28(23)17-6-11(21)26-12-9(7-24-28)25-13(15(12,3)16)19-5-4-10(20)18-14(19)22/h4-5,8-9,12-13H,6-7H2,1-3H3,(H,17,23)(H,18,20,22)/t9?,12?,13-,15+,28?/m1/s1. The number of halogens is 1. The quantitative estimate of drug-likeness (QED) is 0.519. The Kier molecular flexibility index (Phi) is 5.61. The van der Waals surface area contributed by atoms with E-state index in [4.69, 9.17) is 18.5 Å². The average Bonchev–Trinajstić information content (AvgIpc) is 2.84. The molecule has 2 N–H and O–H groups in total. The highest BCUT2D eigenvalue weighted by Gasteiger charge is 2.59.